The van der Waals surface area contributed by atoms with Crippen LogP contribution in [0.3, 0.4) is 0 Å². The fraction of sp³-hybridized carbons (Fsp3) is 0.231. The van der Waals surface area contributed by atoms with Crippen LogP contribution in [0.25, 0.3) is 0 Å². The highest BCUT2D eigenvalue weighted by Crippen LogP contribution is 2.28. The van der Waals surface area contributed by atoms with Gasteiger partial charge in [0.15, 0.2) is 10.8 Å². The molecule has 5 nitrogen and oxygen atoms in total. The first-order chi connectivity index (χ1) is 9.52. The van der Waals surface area contributed by atoms with Gasteiger partial charge < -0.3 is 15.2 Å². The average molecular weight is 313 g/mol. The number of rotatable bonds is 5. The van der Waals surface area contributed by atoms with Gasteiger partial charge in [-0.2, -0.15) is 0 Å². The molecule has 0 aliphatic rings. The quantitative estimate of drug-likeness (QED) is 0.885. The third kappa shape index (κ3) is 3.02. The number of aromatic nitrogens is 1. The van der Waals surface area contributed by atoms with Crippen molar-refractivity contribution in [3.8, 4) is 5.75 Å². The molecule has 2 N–H and O–H groups in total. The Kier molecular flexibility index (Phi) is 4.46. The van der Waals surface area contributed by atoms with E-state index in [9.17, 15) is 4.79 Å². The smallest absolute Gasteiger partial charge is 0.355 e. The molecule has 0 saturated carbocycles. The van der Waals surface area contributed by atoms with E-state index < -0.39 is 5.97 Å². The second-order valence-electron chi connectivity index (χ2n) is 4.00. The van der Waals surface area contributed by atoms with Crippen LogP contribution in [0.5, 0.6) is 5.75 Å². The van der Waals surface area contributed by atoms with Gasteiger partial charge in [0.1, 0.15) is 5.75 Å². The number of benzene rings is 1. The number of hydrogen-bond acceptors (Lipinski definition) is 5. The first kappa shape index (κ1) is 14.6. The minimum absolute atomic E-state index is 0.0728. The summed E-state index contributed by atoms with van der Waals surface area (Å²) in [5, 5.41) is 13.2. The Labute approximate surface area is 125 Å². The van der Waals surface area contributed by atoms with Crippen LogP contribution in [0.4, 0.5) is 5.13 Å². The molecule has 0 aliphatic carbocycles. The number of nitrogens with zero attached hydrogens (tertiary/aromatic N) is 1. The molecule has 106 valence electrons. The van der Waals surface area contributed by atoms with Gasteiger partial charge >= 0.3 is 5.97 Å². The van der Waals surface area contributed by atoms with E-state index in [1.54, 1.807) is 26.2 Å². The molecule has 1 heterocycles. The Hall–Kier alpha value is -1.79. The minimum atomic E-state index is -1.03. The molecule has 0 radical (unpaired) electrons. The van der Waals surface area contributed by atoms with E-state index in [1.807, 2.05) is 6.07 Å². The van der Waals surface area contributed by atoms with Gasteiger partial charge in [0, 0.05) is 22.0 Å². The summed E-state index contributed by atoms with van der Waals surface area (Å²) in [5.41, 5.74) is 0.880. The van der Waals surface area contributed by atoms with Gasteiger partial charge in [0.05, 0.1) is 7.11 Å². The third-order valence-electron chi connectivity index (χ3n) is 2.71. The molecule has 0 atom stereocenters. The molecular formula is C13H13ClN2O3S. The van der Waals surface area contributed by atoms with E-state index in [-0.39, 0.29) is 5.69 Å². The van der Waals surface area contributed by atoms with Crippen molar-refractivity contribution in [1.82, 2.24) is 4.98 Å². The van der Waals surface area contributed by atoms with Crippen molar-refractivity contribution in [2.45, 2.75) is 13.5 Å². The van der Waals surface area contributed by atoms with E-state index in [0.29, 0.717) is 27.3 Å². The SMILES string of the molecule is COc1cccc(Cl)c1CNc1nc(C(=O)O)c(C)s1. The van der Waals surface area contributed by atoms with E-state index in [4.69, 9.17) is 21.4 Å². The van der Waals surface area contributed by atoms with Crippen LogP contribution < -0.4 is 10.1 Å². The molecule has 0 spiro atoms. The Morgan fingerprint density at radius 1 is 1.55 bits per heavy atom. The predicted molar refractivity (Wildman–Crippen MR) is 79.1 cm³/mol. The summed E-state index contributed by atoms with van der Waals surface area (Å²) in [5.74, 6) is -0.348. The lowest BCUT2D eigenvalue weighted by atomic mass is 10.2. The number of aromatic carboxylic acids is 1. The standard InChI is InChI=1S/C13H13ClN2O3S/c1-7-11(12(17)18)16-13(20-7)15-6-8-9(14)4-3-5-10(8)19-2/h3-5H,6H2,1-2H3,(H,15,16)(H,17,18). The number of anilines is 1. The van der Waals surface area contributed by atoms with Crippen molar-refractivity contribution < 1.29 is 14.6 Å². The van der Waals surface area contributed by atoms with Gasteiger partial charge in [-0.3, -0.25) is 0 Å². The van der Waals surface area contributed by atoms with Crippen LogP contribution in [-0.2, 0) is 6.54 Å². The van der Waals surface area contributed by atoms with Gasteiger partial charge in [0.2, 0.25) is 0 Å². The van der Waals surface area contributed by atoms with Crippen molar-refractivity contribution in [3.05, 3.63) is 39.4 Å². The van der Waals surface area contributed by atoms with E-state index in [1.165, 1.54) is 11.3 Å². The Morgan fingerprint density at radius 3 is 2.90 bits per heavy atom. The second-order valence-corrected chi connectivity index (χ2v) is 5.61. The van der Waals surface area contributed by atoms with Gasteiger partial charge in [0.25, 0.3) is 0 Å². The lowest BCUT2D eigenvalue weighted by molar-refractivity contribution is 0.0690. The van der Waals surface area contributed by atoms with E-state index in [0.717, 1.165) is 5.56 Å². The molecule has 0 fully saturated rings. The van der Waals surface area contributed by atoms with Crippen LogP contribution in [0, 0.1) is 6.92 Å². The van der Waals surface area contributed by atoms with E-state index in [2.05, 4.69) is 10.3 Å². The molecule has 0 saturated heterocycles. The molecule has 7 heteroatoms. The van der Waals surface area contributed by atoms with Crippen molar-refractivity contribution in [1.29, 1.82) is 0 Å². The number of halogens is 1. The topological polar surface area (TPSA) is 71.5 Å². The van der Waals surface area contributed by atoms with Gasteiger partial charge in [-0.05, 0) is 19.1 Å². The highest BCUT2D eigenvalue weighted by atomic mass is 35.5. The summed E-state index contributed by atoms with van der Waals surface area (Å²) < 4.78 is 5.25. The lowest BCUT2D eigenvalue weighted by Crippen LogP contribution is -2.03. The van der Waals surface area contributed by atoms with Crippen LogP contribution in [0.1, 0.15) is 20.9 Å². The van der Waals surface area contributed by atoms with Crippen LogP contribution in [0.15, 0.2) is 18.2 Å². The summed E-state index contributed by atoms with van der Waals surface area (Å²) in [7, 11) is 1.57. The number of nitrogens with one attached hydrogen (secondary N) is 1. The number of aryl methyl sites for hydroxylation is 1. The molecule has 2 aromatic rings. The van der Waals surface area contributed by atoms with Crippen LogP contribution in [0.2, 0.25) is 5.02 Å². The fourth-order valence-electron chi connectivity index (χ4n) is 1.74. The molecule has 0 unspecified atom stereocenters. The molecule has 0 bridgehead atoms. The Balaban J connectivity index is 2.17. The van der Waals surface area contributed by atoms with Gasteiger partial charge in [-0.25, -0.2) is 9.78 Å². The summed E-state index contributed by atoms with van der Waals surface area (Å²) in [6, 6.07) is 5.40. The fourth-order valence-corrected chi connectivity index (χ4v) is 2.77. The molecule has 2 rings (SSSR count). The third-order valence-corrected chi connectivity index (χ3v) is 3.99. The highest BCUT2D eigenvalue weighted by Gasteiger charge is 2.14. The summed E-state index contributed by atoms with van der Waals surface area (Å²) in [6.45, 7) is 2.14. The highest BCUT2D eigenvalue weighted by molar-refractivity contribution is 7.15. The zero-order valence-electron chi connectivity index (χ0n) is 10.9. The van der Waals surface area contributed by atoms with Crippen LogP contribution >= 0.6 is 22.9 Å². The molecule has 1 aromatic heterocycles. The first-order valence-electron chi connectivity index (χ1n) is 5.79. The normalized spacial score (nSPS) is 10.3. The van der Waals surface area contributed by atoms with Crippen molar-refractivity contribution in [2.24, 2.45) is 0 Å². The Morgan fingerprint density at radius 2 is 2.30 bits per heavy atom. The maximum Gasteiger partial charge on any atom is 0.355 e. The maximum atomic E-state index is 10.9. The average Bonchev–Trinajstić information content (AvgIpc) is 2.78. The summed E-state index contributed by atoms with van der Waals surface area (Å²) in [4.78, 5) is 15.6. The summed E-state index contributed by atoms with van der Waals surface area (Å²) >= 11 is 7.42. The summed E-state index contributed by atoms with van der Waals surface area (Å²) in [6.07, 6.45) is 0. The second kappa shape index (κ2) is 6.11. The number of ether oxygens (including phenoxy) is 1. The van der Waals surface area contributed by atoms with Crippen molar-refractivity contribution in [3.63, 3.8) is 0 Å². The monoisotopic (exact) mass is 312 g/mol. The lowest BCUT2D eigenvalue weighted by Gasteiger charge is -2.10. The number of thiazole rings is 1. The number of carboxylic acids is 1. The Bertz CT molecular complexity index is 643. The number of carbonyl (C=O) groups is 1. The molecule has 0 amide bonds. The minimum Gasteiger partial charge on any atom is -0.496 e. The molecular weight excluding hydrogens is 300 g/mol. The zero-order chi connectivity index (χ0) is 14.7. The van der Waals surface area contributed by atoms with Crippen molar-refractivity contribution >= 4 is 34.0 Å². The van der Waals surface area contributed by atoms with Crippen LogP contribution in [-0.4, -0.2) is 23.2 Å². The maximum absolute atomic E-state index is 10.9. The number of carboxylic acid groups (broad SMARTS) is 1. The largest absolute Gasteiger partial charge is 0.496 e. The molecule has 1 aromatic carbocycles. The van der Waals surface area contributed by atoms with E-state index >= 15 is 0 Å². The van der Waals surface area contributed by atoms with Gasteiger partial charge in [-0.15, -0.1) is 11.3 Å². The van der Waals surface area contributed by atoms with Gasteiger partial charge in [-0.1, -0.05) is 17.7 Å². The number of methoxy groups -OCH3 is 1. The van der Waals surface area contributed by atoms with Crippen molar-refractivity contribution in [2.75, 3.05) is 12.4 Å². The molecule has 20 heavy (non-hydrogen) atoms. The zero-order valence-corrected chi connectivity index (χ0v) is 12.5. The first-order valence-corrected chi connectivity index (χ1v) is 6.98. The predicted octanol–water partition coefficient (Wildman–Crippen LogP) is 3.42. The molecule has 0 aliphatic heterocycles. The number of hydrogen-bond donors (Lipinski definition) is 2.